The minimum absolute atomic E-state index is 0.865. The highest BCUT2D eigenvalue weighted by atomic mass is 16.3. The van der Waals surface area contributed by atoms with Crippen LogP contribution in [0.25, 0.3) is 98.1 Å². The summed E-state index contributed by atoms with van der Waals surface area (Å²) in [6.07, 6.45) is 0. The first-order valence-electron chi connectivity index (χ1n) is 19.9. The first kappa shape index (κ1) is 32.6. The van der Waals surface area contributed by atoms with E-state index in [0.29, 0.717) is 0 Å². The fourth-order valence-electron chi connectivity index (χ4n) is 9.26. The van der Waals surface area contributed by atoms with Crippen LogP contribution in [-0.2, 0) is 0 Å². The number of furan rings is 1. The molecular weight excluding hydrogens is 703 g/mol. The molecule has 0 saturated heterocycles. The van der Waals surface area contributed by atoms with E-state index >= 15 is 0 Å². The van der Waals surface area contributed by atoms with Gasteiger partial charge in [-0.15, -0.1) is 0 Å². The quantitative estimate of drug-likeness (QED) is 0.164. The van der Waals surface area contributed by atoms with Crippen molar-refractivity contribution in [2.45, 2.75) is 0 Å². The second-order valence-corrected chi connectivity index (χ2v) is 15.3. The van der Waals surface area contributed by atoms with E-state index in [0.717, 1.165) is 39.0 Å². The van der Waals surface area contributed by atoms with E-state index in [1.807, 2.05) is 0 Å². The van der Waals surface area contributed by atoms with Crippen LogP contribution < -0.4 is 4.90 Å². The SMILES string of the molecule is c1ccc2cc(-c3ccc(N(c4cccc5c(-c6cc7ccccc7c7ccccc67)cccc45)c4cccc5oc6cc7ccccc7cc6c45)cc3)ccc2c1. The van der Waals surface area contributed by atoms with Gasteiger partial charge in [0.25, 0.3) is 0 Å². The zero-order valence-corrected chi connectivity index (χ0v) is 31.6. The van der Waals surface area contributed by atoms with E-state index in [2.05, 4.69) is 217 Å². The molecule has 1 aromatic heterocycles. The average molecular weight is 738 g/mol. The van der Waals surface area contributed by atoms with Gasteiger partial charge in [-0.1, -0.05) is 158 Å². The highest BCUT2D eigenvalue weighted by molar-refractivity contribution is 6.19. The van der Waals surface area contributed by atoms with Crippen molar-refractivity contribution < 1.29 is 4.42 Å². The normalized spacial score (nSPS) is 11.8. The Balaban J connectivity index is 1.10. The van der Waals surface area contributed by atoms with Crippen LogP contribution in [0.5, 0.6) is 0 Å². The number of hydrogen-bond acceptors (Lipinski definition) is 2. The summed E-state index contributed by atoms with van der Waals surface area (Å²) in [5.41, 5.74) is 9.82. The van der Waals surface area contributed by atoms with Gasteiger partial charge in [0.1, 0.15) is 11.2 Å². The maximum Gasteiger partial charge on any atom is 0.137 e. The molecule has 0 N–H and O–H groups in total. The second kappa shape index (κ2) is 12.9. The third-order valence-corrected chi connectivity index (χ3v) is 12.0. The summed E-state index contributed by atoms with van der Waals surface area (Å²) < 4.78 is 6.65. The standard InChI is InChI=1S/C56H35NO/c1-2-13-38-32-41(27-26-36(38)12-1)37-28-30-43(31-29-37)57(53-24-11-25-54-56(53)51-33-39-14-3-4-15-40(39)35-55(51)58-54)52-23-10-21-46-48(20-9-22-49(46)52)50-34-42-16-5-6-17-44(42)45-18-7-8-19-47(45)50/h1-35H. The van der Waals surface area contributed by atoms with Gasteiger partial charge in [-0.2, -0.15) is 0 Å². The molecule has 0 fully saturated rings. The molecule has 1 heterocycles. The van der Waals surface area contributed by atoms with Crippen molar-refractivity contribution in [3.05, 3.63) is 212 Å². The molecule has 0 aliphatic rings. The maximum absolute atomic E-state index is 6.65. The van der Waals surface area contributed by atoms with Crippen LogP contribution >= 0.6 is 0 Å². The topological polar surface area (TPSA) is 16.4 Å². The molecule has 0 atom stereocenters. The molecule has 11 aromatic carbocycles. The Kier molecular flexibility index (Phi) is 7.26. The van der Waals surface area contributed by atoms with Gasteiger partial charge in [-0.3, -0.25) is 0 Å². The number of benzene rings is 11. The monoisotopic (exact) mass is 737 g/mol. The lowest BCUT2D eigenvalue weighted by atomic mass is 9.90. The molecule has 0 amide bonds. The van der Waals surface area contributed by atoms with Crippen LogP contribution in [0.4, 0.5) is 17.1 Å². The smallest absolute Gasteiger partial charge is 0.137 e. The largest absolute Gasteiger partial charge is 0.456 e. The summed E-state index contributed by atoms with van der Waals surface area (Å²) >= 11 is 0. The van der Waals surface area contributed by atoms with E-state index in [9.17, 15) is 0 Å². The molecular formula is C56H35NO. The third kappa shape index (κ3) is 5.12. The molecule has 12 aromatic rings. The average Bonchev–Trinajstić information content (AvgIpc) is 3.66. The molecule has 2 nitrogen and oxygen atoms in total. The van der Waals surface area contributed by atoms with Gasteiger partial charge < -0.3 is 9.32 Å². The number of anilines is 3. The van der Waals surface area contributed by atoms with Crippen LogP contribution in [0.3, 0.4) is 0 Å². The van der Waals surface area contributed by atoms with Gasteiger partial charge in [-0.25, -0.2) is 0 Å². The first-order valence-corrected chi connectivity index (χ1v) is 19.9. The first-order chi connectivity index (χ1) is 28.7. The minimum Gasteiger partial charge on any atom is -0.456 e. The van der Waals surface area contributed by atoms with Crippen molar-refractivity contribution >= 4 is 92.9 Å². The Bertz CT molecular complexity index is 3580. The summed E-state index contributed by atoms with van der Waals surface area (Å²) in [4.78, 5) is 2.43. The molecule has 58 heavy (non-hydrogen) atoms. The molecule has 0 unspecified atom stereocenters. The minimum atomic E-state index is 0.865. The van der Waals surface area contributed by atoms with Gasteiger partial charge in [0.15, 0.2) is 0 Å². The number of rotatable bonds is 5. The van der Waals surface area contributed by atoms with Crippen LogP contribution in [0.15, 0.2) is 217 Å². The Labute approximate surface area is 335 Å². The predicted octanol–water partition coefficient (Wildman–Crippen LogP) is 16.2. The lowest BCUT2D eigenvalue weighted by Gasteiger charge is -2.28. The van der Waals surface area contributed by atoms with Crippen molar-refractivity contribution in [2.75, 3.05) is 4.90 Å². The predicted molar refractivity (Wildman–Crippen MR) is 247 cm³/mol. The molecule has 12 rings (SSSR count). The Morgan fingerprint density at radius 2 is 0.879 bits per heavy atom. The molecule has 0 radical (unpaired) electrons. The maximum atomic E-state index is 6.65. The van der Waals surface area contributed by atoms with Crippen LogP contribution in [-0.4, -0.2) is 0 Å². The second-order valence-electron chi connectivity index (χ2n) is 15.3. The summed E-state index contributed by atoms with van der Waals surface area (Å²) in [5.74, 6) is 0. The molecule has 0 spiro atoms. The van der Waals surface area contributed by atoms with Crippen molar-refractivity contribution in [3.8, 4) is 22.3 Å². The van der Waals surface area contributed by atoms with Crippen LogP contribution in [0.2, 0.25) is 0 Å². The van der Waals surface area contributed by atoms with Crippen molar-refractivity contribution in [1.29, 1.82) is 0 Å². The highest BCUT2D eigenvalue weighted by Crippen LogP contribution is 2.47. The van der Waals surface area contributed by atoms with E-state index in [-0.39, 0.29) is 0 Å². The van der Waals surface area contributed by atoms with Gasteiger partial charge in [0.2, 0.25) is 0 Å². The van der Waals surface area contributed by atoms with E-state index < -0.39 is 0 Å². The summed E-state index contributed by atoms with van der Waals surface area (Å²) in [6.45, 7) is 0. The summed E-state index contributed by atoms with van der Waals surface area (Å²) in [6, 6.07) is 77.2. The van der Waals surface area contributed by atoms with Crippen LogP contribution in [0.1, 0.15) is 0 Å². The molecule has 0 saturated carbocycles. The van der Waals surface area contributed by atoms with Crippen LogP contribution in [0, 0.1) is 0 Å². The number of fused-ring (bicyclic) bond motifs is 9. The van der Waals surface area contributed by atoms with E-state index in [1.165, 1.54) is 76.1 Å². The summed E-state index contributed by atoms with van der Waals surface area (Å²) in [7, 11) is 0. The Hall–Kier alpha value is -7.68. The lowest BCUT2D eigenvalue weighted by Crippen LogP contribution is -2.11. The molecule has 2 heteroatoms. The van der Waals surface area contributed by atoms with Crippen molar-refractivity contribution in [2.24, 2.45) is 0 Å². The highest BCUT2D eigenvalue weighted by Gasteiger charge is 2.22. The Morgan fingerprint density at radius 3 is 1.71 bits per heavy atom. The lowest BCUT2D eigenvalue weighted by molar-refractivity contribution is 0.669. The number of nitrogens with zero attached hydrogens (tertiary/aromatic N) is 1. The molecule has 0 aliphatic heterocycles. The van der Waals surface area contributed by atoms with Crippen molar-refractivity contribution in [3.63, 3.8) is 0 Å². The van der Waals surface area contributed by atoms with Gasteiger partial charge in [0.05, 0.1) is 16.8 Å². The van der Waals surface area contributed by atoms with Crippen molar-refractivity contribution in [1.82, 2.24) is 0 Å². The fraction of sp³-hybridized carbons (Fsp3) is 0. The number of hydrogen-bond donors (Lipinski definition) is 0. The third-order valence-electron chi connectivity index (χ3n) is 12.0. The molecule has 0 bridgehead atoms. The zero-order chi connectivity index (χ0) is 38.2. The van der Waals surface area contributed by atoms with Gasteiger partial charge in [0, 0.05) is 16.5 Å². The molecule has 0 aliphatic carbocycles. The fourth-order valence-corrected chi connectivity index (χ4v) is 9.26. The Morgan fingerprint density at radius 1 is 0.293 bits per heavy atom. The summed E-state index contributed by atoms with van der Waals surface area (Å²) in [5, 5.41) is 14.4. The van der Waals surface area contributed by atoms with E-state index in [4.69, 9.17) is 4.42 Å². The molecule has 270 valence electrons. The van der Waals surface area contributed by atoms with E-state index in [1.54, 1.807) is 0 Å². The zero-order valence-electron chi connectivity index (χ0n) is 31.6. The van der Waals surface area contributed by atoms with Gasteiger partial charge >= 0.3 is 0 Å². The van der Waals surface area contributed by atoms with Gasteiger partial charge in [-0.05, 0) is 125 Å².